The number of rotatable bonds is 7. The number of nitrogens with zero attached hydrogens (tertiary/aromatic N) is 7. The number of halogens is 3. The van der Waals surface area contributed by atoms with Crippen molar-refractivity contribution in [2.24, 2.45) is 23.7 Å². The van der Waals surface area contributed by atoms with Crippen LogP contribution < -0.4 is 20.4 Å². The summed E-state index contributed by atoms with van der Waals surface area (Å²) in [5.41, 5.74) is 3.20. The smallest absolute Gasteiger partial charge is 0.255 e. The number of aromatic hydroxyl groups is 1. The Bertz CT molecular complexity index is 2110. The van der Waals surface area contributed by atoms with Crippen LogP contribution in [0.1, 0.15) is 35.2 Å². The lowest BCUT2D eigenvalue weighted by atomic mass is 9.93. The first-order valence-electron chi connectivity index (χ1n) is 19.8. The van der Waals surface area contributed by atoms with Crippen LogP contribution >= 0.6 is 0 Å². The SMILES string of the molecule is O=C1CCC(N2Cc3ccc(N4CC[C@H](CN5C[C@@H]6C(CN7CCN8c9cc(-c%10cc(F)cc(F)c%10O)nnc9NC[C@H]8C7)[C@@H]6C5)[C@@H](F)C4)cc3C2=O)C(=O)N1. The summed E-state index contributed by atoms with van der Waals surface area (Å²) < 4.78 is 43.8. The molecule has 3 aromatic rings. The second kappa shape index (κ2) is 13.6. The van der Waals surface area contributed by atoms with Gasteiger partial charge in [-0.05, 0) is 60.4 Å². The van der Waals surface area contributed by atoms with Gasteiger partial charge in [0.2, 0.25) is 11.8 Å². The molecule has 13 nitrogen and oxygen atoms in total. The maximum atomic E-state index is 15.8. The van der Waals surface area contributed by atoms with Crippen LogP contribution in [-0.2, 0) is 16.1 Å². The van der Waals surface area contributed by atoms with E-state index in [0.717, 1.165) is 75.2 Å². The van der Waals surface area contributed by atoms with Crippen LogP contribution in [0.25, 0.3) is 11.3 Å². The molecule has 1 aromatic heterocycles. The molecule has 1 aliphatic carbocycles. The lowest BCUT2D eigenvalue weighted by Crippen LogP contribution is -2.58. The molecule has 294 valence electrons. The van der Waals surface area contributed by atoms with E-state index in [2.05, 4.69) is 35.5 Å². The zero-order valence-electron chi connectivity index (χ0n) is 30.8. The van der Waals surface area contributed by atoms with E-state index in [1.807, 2.05) is 23.1 Å². The van der Waals surface area contributed by atoms with Crippen molar-refractivity contribution in [2.45, 2.75) is 44.1 Å². The van der Waals surface area contributed by atoms with E-state index in [9.17, 15) is 28.3 Å². The number of anilines is 3. The van der Waals surface area contributed by atoms with Crippen molar-refractivity contribution in [3.05, 3.63) is 59.2 Å². The average Bonchev–Trinajstić information content (AvgIpc) is 3.45. The summed E-state index contributed by atoms with van der Waals surface area (Å²) in [5, 5.41) is 24.4. The molecule has 3 amide bonds. The summed E-state index contributed by atoms with van der Waals surface area (Å²) in [4.78, 5) is 48.2. The molecule has 0 spiro atoms. The summed E-state index contributed by atoms with van der Waals surface area (Å²) in [6.07, 6.45) is 0.287. The largest absolute Gasteiger partial charge is 0.504 e. The number of fused-ring (bicyclic) bond motifs is 5. The number of phenols is 1. The highest BCUT2D eigenvalue weighted by Crippen LogP contribution is 2.52. The summed E-state index contributed by atoms with van der Waals surface area (Å²) in [7, 11) is 0. The Morgan fingerprint density at radius 1 is 0.857 bits per heavy atom. The lowest BCUT2D eigenvalue weighted by Gasteiger charge is -2.46. The standard InChI is InChI=1S/C40H44F3N9O4/c41-23-9-27(37(54)31(42)10-23)33-12-35-38(47-46-33)44-13-25-16-48(7-8-51(25)35)17-28-29-18-49(19-30(28)29)14-22-5-6-50(20-32(22)43)24-2-1-21-15-52(40(56)26(21)11-24)34-3-4-36(53)45-39(34)55/h1-2,9-12,22,25,28-30,32,34,54H,3-8,13-20H2,(H,44,47)(H,45,53,55)/t22-,25+,28?,29-,30+,32+,34?/m1/s1. The van der Waals surface area contributed by atoms with Crippen molar-refractivity contribution >= 4 is 34.9 Å². The number of nitrogens with one attached hydrogen (secondary N) is 2. The number of hydrogen-bond acceptors (Lipinski definition) is 11. The number of piperidine rings is 3. The first-order chi connectivity index (χ1) is 27.1. The van der Waals surface area contributed by atoms with Crippen molar-refractivity contribution in [3.8, 4) is 17.0 Å². The Balaban J connectivity index is 0.698. The zero-order valence-corrected chi connectivity index (χ0v) is 30.8. The van der Waals surface area contributed by atoms with Gasteiger partial charge in [-0.1, -0.05) is 6.07 Å². The van der Waals surface area contributed by atoms with E-state index >= 15 is 4.39 Å². The van der Waals surface area contributed by atoms with E-state index in [-0.39, 0.29) is 48.0 Å². The van der Waals surface area contributed by atoms with Crippen molar-refractivity contribution in [3.63, 3.8) is 0 Å². The third kappa shape index (κ3) is 6.21. The van der Waals surface area contributed by atoms with E-state index in [1.165, 1.54) is 0 Å². The molecule has 0 bridgehead atoms. The van der Waals surface area contributed by atoms with Gasteiger partial charge in [0.25, 0.3) is 5.91 Å². The Morgan fingerprint density at radius 3 is 2.50 bits per heavy atom. The predicted molar refractivity (Wildman–Crippen MR) is 200 cm³/mol. The number of benzene rings is 2. The number of imide groups is 1. The minimum Gasteiger partial charge on any atom is -0.504 e. The molecule has 5 fully saturated rings. The highest BCUT2D eigenvalue weighted by atomic mass is 19.1. The minimum absolute atomic E-state index is 0.0307. The topological polar surface area (TPSA) is 137 Å². The van der Waals surface area contributed by atoms with Crippen molar-refractivity contribution in [1.82, 2.24) is 30.2 Å². The van der Waals surface area contributed by atoms with Gasteiger partial charge in [0.15, 0.2) is 17.4 Å². The van der Waals surface area contributed by atoms with Gasteiger partial charge in [-0.2, -0.15) is 0 Å². The lowest BCUT2D eigenvalue weighted by molar-refractivity contribution is -0.136. The third-order valence-electron chi connectivity index (χ3n) is 13.4. The fourth-order valence-corrected chi connectivity index (χ4v) is 10.3. The molecule has 2 unspecified atom stereocenters. The Morgan fingerprint density at radius 2 is 1.70 bits per heavy atom. The van der Waals surface area contributed by atoms with Gasteiger partial charge in [0, 0.05) is 107 Å². The van der Waals surface area contributed by atoms with Crippen LogP contribution in [0.15, 0.2) is 36.4 Å². The second-order valence-corrected chi connectivity index (χ2v) is 16.7. The highest BCUT2D eigenvalue weighted by molar-refractivity contribution is 6.05. The van der Waals surface area contributed by atoms with E-state index in [1.54, 1.807) is 11.0 Å². The van der Waals surface area contributed by atoms with Crippen molar-refractivity contribution < 1.29 is 32.7 Å². The first-order valence-corrected chi connectivity index (χ1v) is 19.8. The van der Waals surface area contributed by atoms with Gasteiger partial charge in [-0.25, -0.2) is 13.2 Å². The van der Waals surface area contributed by atoms with Crippen molar-refractivity contribution in [2.75, 3.05) is 80.6 Å². The Hall–Kier alpha value is -4.96. The molecule has 16 heteroatoms. The molecule has 3 N–H and O–H groups in total. The van der Waals surface area contributed by atoms with Crippen LogP contribution in [0.5, 0.6) is 5.75 Å². The number of carbonyl (C=O) groups is 3. The van der Waals surface area contributed by atoms with Crippen LogP contribution in [0.2, 0.25) is 0 Å². The Labute approximate surface area is 321 Å². The fraction of sp³-hybridized carbons (Fsp3) is 0.525. The van der Waals surface area contributed by atoms with Crippen LogP contribution in [0.4, 0.5) is 30.4 Å². The second-order valence-electron chi connectivity index (χ2n) is 16.7. The molecule has 7 atom stereocenters. The number of piperazine rings is 1. The fourth-order valence-electron chi connectivity index (χ4n) is 10.3. The van der Waals surface area contributed by atoms with E-state index in [0.29, 0.717) is 61.3 Å². The quantitative estimate of drug-likeness (QED) is 0.306. The van der Waals surface area contributed by atoms with Gasteiger partial charge in [0.1, 0.15) is 18.0 Å². The zero-order chi connectivity index (χ0) is 38.4. The molecule has 7 aliphatic rings. The van der Waals surface area contributed by atoms with Crippen LogP contribution in [-0.4, -0.2) is 131 Å². The number of carbonyl (C=O) groups excluding carboxylic acids is 3. The highest BCUT2D eigenvalue weighted by Gasteiger charge is 2.56. The van der Waals surface area contributed by atoms with E-state index in [4.69, 9.17) is 0 Å². The average molecular weight is 772 g/mol. The van der Waals surface area contributed by atoms with Crippen molar-refractivity contribution in [1.29, 1.82) is 0 Å². The predicted octanol–water partition coefficient (Wildman–Crippen LogP) is 2.85. The molecular formula is C40H44F3N9O4. The van der Waals surface area contributed by atoms with Gasteiger partial charge in [-0.3, -0.25) is 24.6 Å². The van der Waals surface area contributed by atoms with Gasteiger partial charge < -0.3 is 30.0 Å². The number of alkyl halides is 1. The van der Waals surface area contributed by atoms with Crippen LogP contribution in [0.3, 0.4) is 0 Å². The van der Waals surface area contributed by atoms with Gasteiger partial charge >= 0.3 is 0 Å². The van der Waals surface area contributed by atoms with E-state index < -0.39 is 35.5 Å². The molecule has 7 heterocycles. The molecule has 4 saturated heterocycles. The number of aromatic nitrogens is 2. The number of amides is 3. The Kier molecular flexibility index (Phi) is 8.62. The monoisotopic (exact) mass is 771 g/mol. The molecule has 2 aromatic carbocycles. The summed E-state index contributed by atoms with van der Waals surface area (Å²) >= 11 is 0. The maximum absolute atomic E-state index is 15.8. The maximum Gasteiger partial charge on any atom is 0.255 e. The summed E-state index contributed by atoms with van der Waals surface area (Å²) in [5.74, 6) is -0.954. The number of hydrogen-bond donors (Lipinski definition) is 3. The molecule has 1 saturated carbocycles. The first kappa shape index (κ1) is 35.5. The molecule has 56 heavy (non-hydrogen) atoms. The molecule has 6 aliphatic heterocycles. The van der Waals surface area contributed by atoms with Gasteiger partial charge in [-0.15, -0.1) is 10.2 Å². The number of phenolic OH excluding ortho intramolecular Hbond substituents is 1. The molecule has 10 rings (SSSR count). The third-order valence-corrected chi connectivity index (χ3v) is 13.4. The summed E-state index contributed by atoms with van der Waals surface area (Å²) in [6.45, 7) is 8.37. The van der Waals surface area contributed by atoms with Gasteiger partial charge in [0.05, 0.1) is 17.4 Å². The molecule has 0 radical (unpaired) electrons. The van der Waals surface area contributed by atoms with Crippen LogP contribution in [0, 0.1) is 35.3 Å². The summed E-state index contributed by atoms with van der Waals surface area (Å²) in [6, 6.07) is 8.67. The normalized spacial score (nSPS) is 30.1. The number of likely N-dealkylation sites (tertiary alicyclic amines) is 1. The minimum atomic E-state index is -1.04. The molecular weight excluding hydrogens is 727 g/mol.